The molecule has 2 aliphatic heterocycles. The fourth-order valence-corrected chi connectivity index (χ4v) is 7.61. The fourth-order valence-electron chi connectivity index (χ4n) is 6.91. The molecule has 7 heteroatoms. The van der Waals surface area contributed by atoms with E-state index < -0.39 is 23.4 Å². The van der Waals surface area contributed by atoms with Crippen LogP contribution in [0.4, 0.5) is 5.69 Å². The van der Waals surface area contributed by atoms with Gasteiger partial charge in [-0.2, -0.15) is 0 Å². The maximum absolute atomic E-state index is 14.7. The van der Waals surface area contributed by atoms with Crippen LogP contribution in [0.2, 0.25) is 0 Å². The zero-order chi connectivity index (χ0) is 27.6. The molecule has 6 nitrogen and oxygen atoms in total. The third-order valence-electron chi connectivity index (χ3n) is 8.52. The molecule has 1 saturated heterocycles. The van der Waals surface area contributed by atoms with Crippen molar-refractivity contribution >= 4 is 40.4 Å². The van der Waals surface area contributed by atoms with Crippen molar-refractivity contribution < 1.29 is 23.9 Å². The maximum atomic E-state index is 14.7. The number of carbonyl (C=O) groups is 3. The van der Waals surface area contributed by atoms with Gasteiger partial charge in [-0.1, -0.05) is 60.7 Å². The summed E-state index contributed by atoms with van der Waals surface area (Å²) in [6.45, 7) is 0. The number of carbonyl (C=O) groups excluding carboxylic acids is 3. The van der Waals surface area contributed by atoms with Gasteiger partial charge < -0.3 is 14.4 Å². The molecule has 1 spiro atoms. The zero-order valence-corrected chi connectivity index (χ0v) is 22.7. The van der Waals surface area contributed by atoms with E-state index >= 15 is 0 Å². The number of para-hydroxylation sites is 1. The van der Waals surface area contributed by atoms with Gasteiger partial charge in [-0.05, 0) is 41.3 Å². The minimum absolute atomic E-state index is 0.145. The first-order chi connectivity index (χ1) is 19.5. The number of fused-ring (bicyclic) bond motifs is 5. The van der Waals surface area contributed by atoms with Crippen LogP contribution >= 0.6 is 11.3 Å². The van der Waals surface area contributed by atoms with Gasteiger partial charge in [0.15, 0.2) is 17.3 Å². The zero-order valence-electron chi connectivity index (χ0n) is 21.9. The van der Waals surface area contributed by atoms with Crippen molar-refractivity contribution in [1.29, 1.82) is 0 Å². The smallest absolute Gasteiger partial charge is 0.195 e. The van der Waals surface area contributed by atoms with Gasteiger partial charge in [0.25, 0.3) is 0 Å². The molecule has 1 aliphatic carbocycles. The minimum atomic E-state index is -1.59. The topological polar surface area (TPSA) is 72.9 Å². The van der Waals surface area contributed by atoms with E-state index in [2.05, 4.69) is 0 Å². The number of methoxy groups -OCH3 is 2. The van der Waals surface area contributed by atoms with Crippen molar-refractivity contribution in [3.8, 4) is 11.5 Å². The number of nitrogens with zero attached hydrogens (tertiary/aromatic N) is 1. The van der Waals surface area contributed by atoms with Crippen LogP contribution in [0.3, 0.4) is 0 Å². The fraction of sp³-hybridized carbons (Fsp3) is 0.182. The lowest BCUT2D eigenvalue weighted by Crippen LogP contribution is -2.48. The molecule has 3 atom stereocenters. The predicted molar refractivity (Wildman–Crippen MR) is 154 cm³/mol. The van der Waals surface area contributed by atoms with Crippen LogP contribution in [-0.4, -0.2) is 43.7 Å². The monoisotopic (exact) mass is 547 g/mol. The summed E-state index contributed by atoms with van der Waals surface area (Å²) in [4.78, 5) is 46.6. The lowest BCUT2D eigenvalue weighted by atomic mass is 9.64. The Morgan fingerprint density at radius 1 is 0.875 bits per heavy atom. The number of hydrogen-bond acceptors (Lipinski definition) is 7. The number of rotatable bonds is 5. The molecule has 0 unspecified atom stereocenters. The lowest BCUT2D eigenvalue weighted by molar-refractivity contribution is 0.0664. The van der Waals surface area contributed by atoms with Crippen molar-refractivity contribution in [2.45, 2.75) is 18.0 Å². The molecule has 198 valence electrons. The van der Waals surface area contributed by atoms with Crippen molar-refractivity contribution in [2.75, 3.05) is 19.1 Å². The number of anilines is 1. The number of ketones is 3. The normalized spacial score (nSPS) is 21.8. The van der Waals surface area contributed by atoms with Crippen LogP contribution in [0.5, 0.6) is 11.5 Å². The second-order valence-electron chi connectivity index (χ2n) is 10.2. The SMILES string of the molecule is COc1ccc(OC)c([C@H]2[C@H](C(=O)c3cccs3)N3c4ccccc4C=C[C@@H]3C23C(=O)c2ccccc2C3=O)c1. The quantitative estimate of drug-likeness (QED) is 0.223. The molecule has 40 heavy (non-hydrogen) atoms. The Balaban J connectivity index is 1.59. The van der Waals surface area contributed by atoms with Crippen molar-refractivity contribution in [3.05, 3.63) is 117 Å². The summed E-state index contributed by atoms with van der Waals surface area (Å²) < 4.78 is 11.4. The van der Waals surface area contributed by atoms with Gasteiger partial charge in [-0.25, -0.2) is 0 Å². The Bertz CT molecular complexity index is 1690. The first-order valence-electron chi connectivity index (χ1n) is 13.1. The number of hydrogen-bond donors (Lipinski definition) is 0. The molecule has 0 bridgehead atoms. The predicted octanol–water partition coefficient (Wildman–Crippen LogP) is 6.08. The van der Waals surface area contributed by atoms with E-state index in [1.165, 1.54) is 11.3 Å². The summed E-state index contributed by atoms with van der Waals surface area (Å²) >= 11 is 1.35. The Labute approximate surface area is 235 Å². The average Bonchev–Trinajstić information content (AvgIpc) is 3.70. The van der Waals surface area contributed by atoms with Crippen molar-refractivity contribution in [1.82, 2.24) is 0 Å². The number of benzene rings is 3. The summed E-state index contributed by atoms with van der Waals surface area (Å²) in [5, 5.41) is 1.86. The Kier molecular flexibility index (Phi) is 5.54. The van der Waals surface area contributed by atoms with Gasteiger partial charge in [0.05, 0.1) is 25.1 Å². The average molecular weight is 548 g/mol. The second-order valence-corrected chi connectivity index (χ2v) is 11.2. The summed E-state index contributed by atoms with van der Waals surface area (Å²) in [5.74, 6) is -0.520. The van der Waals surface area contributed by atoms with Crippen molar-refractivity contribution in [3.63, 3.8) is 0 Å². The number of thiophene rings is 1. The number of Topliss-reactive ketones (excluding diaryl/α,β-unsaturated/α-hetero) is 3. The summed E-state index contributed by atoms with van der Waals surface area (Å²) in [7, 11) is 3.12. The maximum Gasteiger partial charge on any atom is 0.195 e. The molecule has 3 heterocycles. The van der Waals surface area contributed by atoms with Gasteiger partial charge >= 0.3 is 0 Å². The lowest BCUT2D eigenvalue weighted by Gasteiger charge is -2.37. The van der Waals surface area contributed by atoms with Crippen LogP contribution in [-0.2, 0) is 0 Å². The largest absolute Gasteiger partial charge is 0.497 e. The minimum Gasteiger partial charge on any atom is -0.497 e. The van der Waals surface area contributed by atoms with Crippen LogP contribution in [0.25, 0.3) is 6.08 Å². The first kappa shape index (κ1) is 24.5. The van der Waals surface area contributed by atoms with Crippen molar-refractivity contribution in [2.24, 2.45) is 5.41 Å². The molecular formula is C33H25NO5S. The molecule has 1 aromatic heterocycles. The van der Waals surface area contributed by atoms with Gasteiger partial charge in [0.2, 0.25) is 0 Å². The molecule has 7 rings (SSSR count). The van der Waals surface area contributed by atoms with Crippen LogP contribution in [0.15, 0.2) is 90.3 Å². The van der Waals surface area contributed by atoms with Gasteiger partial charge in [0, 0.05) is 28.3 Å². The van der Waals surface area contributed by atoms with E-state index in [4.69, 9.17) is 9.47 Å². The molecule has 3 aliphatic rings. The first-order valence-corrected chi connectivity index (χ1v) is 13.9. The molecular weight excluding hydrogens is 522 g/mol. The van der Waals surface area contributed by atoms with Crippen LogP contribution in [0.1, 0.15) is 47.4 Å². The molecule has 3 aromatic carbocycles. The highest BCUT2D eigenvalue weighted by molar-refractivity contribution is 7.12. The van der Waals surface area contributed by atoms with E-state index in [1.54, 1.807) is 62.8 Å². The van der Waals surface area contributed by atoms with E-state index in [1.807, 2.05) is 52.8 Å². The molecule has 0 amide bonds. The van der Waals surface area contributed by atoms with E-state index in [-0.39, 0.29) is 17.3 Å². The van der Waals surface area contributed by atoms with Crippen LogP contribution in [0, 0.1) is 5.41 Å². The highest BCUT2D eigenvalue weighted by atomic mass is 32.1. The van der Waals surface area contributed by atoms with E-state index in [9.17, 15) is 14.4 Å². The molecule has 0 radical (unpaired) electrons. The van der Waals surface area contributed by atoms with E-state index in [0.717, 1.165) is 11.3 Å². The Morgan fingerprint density at radius 2 is 1.60 bits per heavy atom. The van der Waals surface area contributed by atoms with E-state index in [0.29, 0.717) is 33.1 Å². The summed E-state index contributed by atoms with van der Waals surface area (Å²) in [6, 6.07) is 22.2. The molecule has 4 aromatic rings. The molecule has 1 fully saturated rings. The van der Waals surface area contributed by atoms with Gasteiger partial charge in [0.1, 0.15) is 23.0 Å². The molecule has 0 saturated carbocycles. The third-order valence-corrected chi connectivity index (χ3v) is 9.40. The molecule has 0 N–H and O–H groups in total. The highest BCUT2D eigenvalue weighted by Gasteiger charge is 2.72. The Morgan fingerprint density at radius 3 is 2.27 bits per heavy atom. The second kappa shape index (κ2) is 9.03. The third kappa shape index (κ3) is 3.12. The highest BCUT2D eigenvalue weighted by Crippen LogP contribution is 2.62. The number of ether oxygens (including phenoxy) is 2. The summed E-state index contributed by atoms with van der Waals surface area (Å²) in [6.07, 6.45) is 3.88. The summed E-state index contributed by atoms with van der Waals surface area (Å²) in [5.41, 5.74) is 1.50. The Hall–Kier alpha value is -4.49. The van der Waals surface area contributed by atoms with Crippen LogP contribution < -0.4 is 14.4 Å². The standard InChI is InChI=1S/C33H25NO5S/c1-38-20-14-15-25(39-2)23(18-20)28-29(30(35)26-12-7-17-40-26)34-24-11-6-3-8-19(24)13-16-27(34)33(28)31(36)21-9-4-5-10-22(21)32(33)37/h3-18,27-29H,1-2H3/t27-,28+,29-/m1/s1. The van der Waals surface area contributed by atoms with Gasteiger partial charge in [-0.3, -0.25) is 14.4 Å². The van der Waals surface area contributed by atoms with Gasteiger partial charge in [-0.15, -0.1) is 11.3 Å².